The lowest BCUT2D eigenvalue weighted by Crippen LogP contribution is -2.54. The van der Waals surface area contributed by atoms with Gasteiger partial charge in [-0.2, -0.15) is 4.98 Å². The van der Waals surface area contributed by atoms with Crippen LogP contribution in [0.2, 0.25) is 0 Å². The lowest BCUT2D eigenvalue weighted by Gasteiger charge is -2.48. The molecule has 7 heteroatoms. The Bertz CT molecular complexity index is 676. The molecule has 0 aromatic carbocycles. The summed E-state index contributed by atoms with van der Waals surface area (Å²) in [6, 6.07) is 1.97. The van der Waals surface area contributed by atoms with Crippen LogP contribution in [0.3, 0.4) is 0 Å². The van der Waals surface area contributed by atoms with Crippen molar-refractivity contribution in [3.63, 3.8) is 0 Å². The number of piperidine rings is 3. The first-order valence-corrected chi connectivity index (χ1v) is 10.4. The molecule has 1 amide bonds. The van der Waals surface area contributed by atoms with Crippen molar-refractivity contribution in [2.45, 2.75) is 51.6 Å². The van der Waals surface area contributed by atoms with Gasteiger partial charge in [0.15, 0.2) is 0 Å². The Morgan fingerprint density at radius 1 is 1.19 bits per heavy atom. The Labute approximate surface area is 161 Å². The predicted molar refractivity (Wildman–Crippen MR) is 105 cm³/mol. The fraction of sp³-hybridized carbons (Fsp3) is 0.750. The van der Waals surface area contributed by atoms with E-state index in [2.05, 4.69) is 21.7 Å². The minimum Gasteiger partial charge on any atom is -0.393 e. The molecule has 1 aromatic rings. The third-order valence-electron chi connectivity index (χ3n) is 6.49. The van der Waals surface area contributed by atoms with Crippen LogP contribution in [0.5, 0.6) is 0 Å². The molecule has 0 saturated carbocycles. The molecule has 1 aromatic heterocycles. The standard InChI is InChI=1S/C20H31N5O2/c1-2-23-14-20(9-4-18(23)27)8-3-11-25(15-20)19-21-10-5-17(22-19)24-12-6-16(26)7-13-24/h5,10,16,26H,2-4,6-9,11-15H2,1H3. The Morgan fingerprint density at radius 3 is 2.78 bits per heavy atom. The van der Waals surface area contributed by atoms with Crippen LogP contribution in [0.4, 0.5) is 11.8 Å². The van der Waals surface area contributed by atoms with Crippen molar-refractivity contribution >= 4 is 17.7 Å². The van der Waals surface area contributed by atoms with E-state index in [9.17, 15) is 9.90 Å². The summed E-state index contributed by atoms with van der Waals surface area (Å²) in [5.41, 5.74) is 0.177. The van der Waals surface area contributed by atoms with Crippen molar-refractivity contribution in [2.75, 3.05) is 49.1 Å². The molecule has 3 saturated heterocycles. The Hall–Kier alpha value is -1.89. The van der Waals surface area contributed by atoms with Crippen LogP contribution in [0.1, 0.15) is 45.4 Å². The van der Waals surface area contributed by atoms with E-state index >= 15 is 0 Å². The number of carbonyl (C=O) groups excluding carboxylic acids is 1. The molecule has 1 N–H and O–H groups in total. The highest BCUT2D eigenvalue weighted by Gasteiger charge is 2.41. The van der Waals surface area contributed by atoms with Crippen LogP contribution in [-0.4, -0.2) is 71.3 Å². The van der Waals surface area contributed by atoms with Crippen molar-refractivity contribution in [3.05, 3.63) is 12.3 Å². The van der Waals surface area contributed by atoms with Crippen LogP contribution >= 0.6 is 0 Å². The highest BCUT2D eigenvalue weighted by atomic mass is 16.3. The number of hydrogen-bond donors (Lipinski definition) is 1. The smallest absolute Gasteiger partial charge is 0.227 e. The number of aliphatic hydroxyl groups is 1. The van der Waals surface area contributed by atoms with E-state index in [4.69, 9.17) is 4.98 Å². The number of carbonyl (C=O) groups is 1. The van der Waals surface area contributed by atoms with Crippen molar-refractivity contribution in [3.8, 4) is 0 Å². The third-order valence-corrected chi connectivity index (χ3v) is 6.49. The van der Waals surface area contributed by atoms with Crippen molar-refractivity contribution in [2.24, 2.45) is 5.41 Å². The van der Waals surface area contributed by atoms with Gasteiger partial charge in [-0.3, -0.25) is 4.79 Å². The summed E-state index contributed by atoms with van der Waals surface area (Å²) in [7, 11) is 0. The summed E-state index contributed by atoms with van der Waals surface area (Å²) in [6.45, 7) is 7.32. The number of rotatable bonds is 3. The van der Waals surface area contributed by atoms with Gasteiger partial charge in [0.2, 0.25) is 11.9 Å². The molecule has 3 fully saturated rings. The molecule has 0 radical (unpaired) electrons. The van der Waals surface area contributed by atoms with Crippen LogP contribution in [0, 0.1) is 5.41 Å². The van der Waals surface area contributed by atoms with E-state index in [0.29, 0.717) is 12.3 Å². The molecule has 0 aliphatic carbocycles. The minimum absolute atomic E-state index is 0.177. The second-order valence-electron chi connectivity index (χ2n) is 8.37. The zero-order valence-electron chi connectivity index (χ0n) is 16.3. The molecule has 0 bridgehead atoms. The molecular weight excluding hydrogens is 342 g/mol. The summed E-state index contributed by atoms with van der Waals surface area (Å²) in [5.74, 6) is 2.06. The van der Waals surface area contributed by atoms with E-state index in [1.165, 1.54) is 6.42 Å². The number of hydrogen-bond acceptors (Lipinski definition) is 6. The minimum atomic E-state index is -0.181. The summed E-state index contributed by atoms with van der Waals surface area (Å²) < 4.78 is 0. The lowest BCUT2D eigenvalue weighted by atomic mass is 9.73. The molecule has 1 atom stereocenters. The first kappa shape index (κ1) is 18.5. The molecule has 3 aliphatic heterocycles. The van der Waals surface area contributed by atoms with Gasteiger partial charge in [-0.05, 0) is 45.1 Å². The Morgan fingerprint density at radius 2 is 2.00 bits per heavy atom. The molecule has 7 nitrogen and oxygen atoms in total. The number of aromatic nitrogens is 2. The molecule has 3 aliphatic rings. The zero-order valence-corrected chi connectivity index (χ0v) is 16.3. The first-order valence-electron chi connectivity index (χ1n) is 10.4. The maximum absolute atomic E-state index is 12.1. The molecule has 1 unspecified atom stereocenters. The van der Waals surface area contributed by atoms with Gasteiger partial charge in [0, 0.05) is 57.3 Å². The van der Waals surface area contributed by atoms with E-state index in [1.54, 1.807) is 0 Å². The van der Waals surface area contributed by atoms with Crippen LogP contribution in [0.15, 0.2) is 12.3 Å². The monoisotopic (exact) mass is 373 g/mol. The van der Waals surface area contributed by atoms with E-state index in [0.717, 1.165) is 76.7 Å². The summed E-state index contributed by atoms with van der Waals surface area (Å²) in [4.78, 5) is 28.1. The largest absolute Gasteiger partial charge is 0.393 e. The summed E-state index contributed by atoms with van der Waals surface area (Å²) >= 11 is 0. The molecule has 4 rings (SSSR count). The Balaban J connectivity index is 1.48. The van der Waals surface area contributed by atoms with E-state index < -0.39 is 0 Å². The van der Waals surface area contributed by atoms with Gasteiger partial charge in [-0.15, -0.1) is 0 Å². The Kier molecular flexibility index (Phi) is 5.21. The second-order valence-corrected chi connectivity index (χ2v) is 8.37. The van der Waals surface area contributed by atoms with Crippen LogP contribution in [0.25, 0.3) is 0 Å². The van der Waals surface area contributed by atoms with Gasteiger partial charge >= 0.3 is 0 Å². The molecule has 1 spiro atoms. The number of anilines is 2. The SMILES string of the molecule is CCN1CC2(CCCN(c3nccc(N4CCC(O)CC4)n3)C2)CCC1=O. The van der Waals surface area contributed by atoms with Gasteiger partial charge in [0.1, 0.15) is 5.82 Å². The number of likely N-dealkylation sites (tertiary alicyclic amines) is 1. The maximum Gasteiger partial charge on any atom is 0.227 e. The number of amides is 1. The maximum atomic E-state index is 12.1. The average molecular weight is 374 g/mol. The van der Waals surface area contributed by atoms with Gasteiger partial charge in [-0.25, -0.2) is 4.98 Å². The van der Waals surface area contributed by atoms with Crippen LogP contribution in [-0.2, 0) is 4.79 Å². The third kappa shape index (κ3) is 3.88. The fourth-order valence-corrected chi connectivity index (χ4v) is 4.86. The van der Waals surface area contributed by atoms with Crippen LogP contribution < -0.4 is 9.80 Å². The van der Waals surface area contributed by atoms with Gasteiger partial charge in [0.05, 0.1) is 6.10 Å². The molecule has 148 valence electrons. The van der Waals surface area contributed by atoms with Crippen molar-refractivity contribution in [1.29, 1.82) is 0 Å². The first-order chi connectivity index (χ1) is 13.1. The zero-order chi connectivity index (χ0) is 18.9. The van der Waals surface area contributed by atoms with E-state index in [1.807, 2.05) is 17.2 Å². The molecule has 27 heavy (non-hydrogen) atoms. The molecular formula is C20H31N5O2. The van der Waals surface area contributed by atoms with Crippen molar-refractivity contribution in [1.82, 2.24) is 14.9 Å². The number of nitrogens with zero attached hydrogens (tertiary/aromatic N) is 5. The lowest BCUT2D eigenvalue weighted by molar-refractivity contribution is -0.137. The average Bonchev–Trinajstić information content (AvgIpc) is 2.71. The van der Waals surface area contributed by atoms with Crippen molar-refractivity contribution < 1.29 is 9.90 Å². The fourth-order valence-electron chi connectivity index (χ4n) is 4.86. The highest BCUT2D eigenvalue weighted by Crippen LogP contribution is 2.39. The highest BCUT2D eigenvalue weighted by molar-refractivity contribution is 5.77. The van der Waals surface area contributed by atoms with Gasteiger partial charge in [-0.1, -0.05) is 0 Å². The normalized spacial score (nSPS) is 27.5. The van der Waals surface area contributed by atoms with Gasteiger partial charge < -0.3 is 19.8 Å². The number of aliphatic hydroxyl groups excluding tert-OH is 1. The summed E-state index contributed by atoms with van der Waals surface area (Å²) in [5, 5.41) is 9.74. The summed E-state index contributed by atoms with van der Waals surface area (Å²) in [6.07, 6.45) is 7.21. The molecule has 4 heterocycles. The van der Waals surface area contributed by atoms with Gasteiger partial charge in [0.25, 0.3) is 0 Å². The quantitative estimate of drug-likeness (QED) is 0.869. The topological polar surface area (TPSA) is 72.8 Å². The second kappa shape index (κ2) is 7.62. The predicted octanol–water partition coefficient (Wildman–Crippen LogP) is 1.67. The van der Waals surface area contributed by atoms with E-state index in [-0.39, 0.29) is 11.5 Å².